The third-order valence-electron chi connectivity index (χ3n) is 6.27. The summed E-state index contributed by atoms with van der Waals surface area (Å²) in [7, 11) is 4.26. The van der Waals surface area contributed by atoms with Gasteiger partial charge in [-0.1, -0.05) is 23.7 Å². The number of likely N-dealkylation sites (N-methyl/N-ethyl adjacent to an activating group) is 1. The Kier molecular flexibility index (Phi) is 10.1. The number of hydrogen-bond acceptors (Lipinski definition) is 4. The normalized spacial score (nSPS) is 20.4. The summed E-state index contributed by atoms with van der Waals surface area (Å²) in [5, 5.41) is 6.65. The lowest BCUT2D eigenvalue weighted by atomic mass is 9.75. The van der Waals surface area contributed by atoms with Gasteiger partial charge < -0.3 is 20.0 Å². The Morgan fingerprint density at radius 3 is 2.47 bits per heavy atom. The quantitative estimate of drug-likeness (QED) is 0.557. The summed E-state index contributed by atoms with van der Waals surface area (Å²) in [4.78, 5) is 26.6. The Labute approximate surface area is 201 Å². The maximum atomic E-state index is 12.3. The predicted octanol–water partition coefficient (Wildman–Crippen LogP) is 4.35. The Balaban J connectivity index is 0.00000363. The third-order valence-corrected chi connectivity index (χ3v) is 6.51. The summed E-state index contributed by atoms with van der Waals surface area (Å²) in [5.41, 5.74) is 1.31. The van der Waals surface area contributed by atoms with E-state index in [1.54, 1.807) is 18.4 Å². The minimum Gasteiger partial charge on any atom is -0.467 e. The van der Waals surface area contributed by atoms with Crippen LogP contribution in [0.15, 0.2) is 47.1 Å². The fraction of sp³-hybridized carbons (Fsp3) is 0.500. The van der Waals surface area contributed by atoms with Crippen LogP contribution >= 0.6 is 24.0 Å². The number of nitrogens with zero attached hydrogens (tertiary/aromatic N) is 1. The Morgan fingerprint density at radius 1 is 1.12 bits per heavy atom. The second kappa shape index (κ2) is 12.3. The first kappa shape index (κ1) is 26.2. The van der Waals surface area contributed by atoms with E-state index in [0.29, 0.717) is 12.3 Å². The van der Waals surface area contributed by atoms with Gasteiger partial charge >= 0.3 is 0 Å². The molecule has 2 N–H and O–H groups in total. The Bertz CT molecular complexity index is 863. The van der Waals surface area contributed by atoms with Gasteiger partial charge in [-0.2, -0.15) is 0 Å². The van der Waals surface area contributed by atoms with Gasteiger partial charge in [-0.05, 0) is 76.0 Å². The molecule has 2 amide bonds. The monoisotopic (exact) mass is 481 g/mol. The van der Waals surface area contributed by atoms with Crippen molar-refractivity contribution in [1.82, 2.24) is 15.5 Å². The average molecular weight is 482 g/mol. The summed E-state index contributed by atoms with van der Waals surface area (Å²) < 4.78 is 5.18. The molecule has 0 bridgehead atoms. The van der Waals surface area contributed by atoms with Crippen molar-refractivity contribution in [3.8, 4) is 0 Å². The predicted molar refractivity (Wildman–Crippen MR) is 129 cm³/mol. The summed E-state index contributed by atoms with van der Waals surface area (Å²) in [6.45, 7) is 0.343. The number of hydrogen-bond donors (Lipinski definition) is 2. The molecule has 2 aromatic rings. The summed E-state index contributed by atoms with van der Waals surface area (Å²) >= 11 is 6.17. The van der Waals surface area contributed by atoms with Crippen molar-refractivity contribution in [2.75, 3.05) is 14.1 Å². The minimum atomic E-state index is -0.150. The first-order valence-electron chi connectivity index (χ1n) is 10.9. The topological polar surface area (TPSA) is 74.6 Å². The number of halogens is 2. The molecule has 1 aliphatic rings. The van der Waals surface area contributed by atoms with E-state index in [2.05, 4.69) is 35.7 Å². The zero-order valence-electron chi connectivity index (χ0n) is 18.7. The van der Waals surface area contributed by atoms with E-state index in [1.807, 2.05) is 18.2 Å². The van der Waals surface area contributed by atoms with Crippen LogP contribution in [0.2, 0.25) is 5.02 Å². The van der Waals surface area contributed by atoms with E-state index in [4.69, 9.17) is 16.0 Å². The fourth-order valence-corrected chi connectivity index (χ4v) is 4.54. The van der Waals surface area contributed by atoms with Gasteiger partial charge in [0.25, 0.3) is 0 Å². The second-order valence-corrected chi connectivity index (χ2v) is 9.06. The van der Waals surface area contributed by atoms with E-state index in [-0.39, 0.29) is 48.6 Å². The summed E-state index contributed by atoms with van der Waals surface area (Å²) in [5.74, 6) is 0.482. The molecule has 0 unspecified atom stereocenters. The van der Waals surface area contributed by atoms with Crippen molar-refractivity contribution in [3.63, 3.8) is 0 Å². The Hall–Kier alpha value is -2.02. The molecule has 0 spiro atoms. The standard InChI is InChI=1S/C24H32ClN3O3.ClH/c1-28(2)24(16-18-5-3-6-19(25)15-18)12-10-20(11-13-24)27-23(30)9-8-22(29)26-17-21-7-4-14-31-21;/h3-7,14-15,20H,8-13,16-17H2,1-2H3,(H,26,29)(H,27,30);1H. The molecule has 176 valence electrons. The molecular formula is C24H33Cl2N3O3. The zero-order valence-corrected chi connectivity index (χ0v) is 20.3. The number of nitrogens with one attached hydrogen (secondary N) is 2. The smallest absolute Gasteiger partial charge is 0.220 e. The van der Waals surface area contributed by atoms with Crippen LogP contribution in [0.25, 0.3) is 0 Å². The highest BCUT2D eigenvalue weighted by molar-refractivity contribution is 6.30. The highest BCUT2D eigenvalue weighted by atomic mass is 35.5. The number of benzene rings is 1. The minimum absolute atomic E-state index is 0. The van der Waals surface area contributed by atoms with E-state index < -0.39 is 0 Å². The van der Waals surface area contributed by atoms with Gasteiger partial charge in [0.05, 0.1) is 12.8 Å². The van der Waals surface area contributed by atoms with Gasteiger partial charge in [-0.15, -0.1) is 12.4 Å². The molecule has 1 heterocycles. The number of carbonyl (C=O) groups excluding carboxylic acids is 2. The first-order valence-corrected chi connectivity index (χ1v) is 11.2. The molecule has 8 heteroatoms. The van der Waals surface area contributed by atoms with Crippen LogP contribution in [-0.2, 0) is 22.6 Å². The second-order valence-electron chi connectivity index (χ2n) is 8.62. The maximum Gasteiger partial charge on any atom is 0.220 e. The van der Waals surface area contributed by atoms with Crippen molar-refractivity contribution >= 4 is 35.8 Å². The Morgan fingerprint density at radius 2 is 1.84 bits per heavy atom. The number of amides is 2. The lowest BCUT2D eigenvalue weighted by molar-refractivity contribution is -0.127. The van der Waals surface area contributed by atoms with Crippen molar-refractivity contribution < 1.29 is 14.0 Å². The van der Waals surface area contributed by atoms with Crippen LogP contribution in [0, 0.1) is 0 Å². The van der Waals surface area contributed by atoms with E-state index in [1.165, 1.54) is 5.56 Å². The highest BCUT2D eigenvalue weighted by Crippen LogP contribution is 2.35. The fourth-order valence-electron chi connectivity index (χ4n) is 4.32. The largest absolute Gasteiger partial charge is 0.467 e. The van der Waals surface area contributed by atoms with E-state index in [0.717, 1.165) is 37.1 Å². The molecule has 1 saturated carbocycles. The first-order chi connectivity index (χ1) is 14.9. The molecule has 0 radical (unpaired) electrons. The molecule has 1 aromatic carbocycles. The van der Waals surface area contributed by atoms with Crippen molar-refractivity contribution in [1.29, 1.82) is 0 Å². The summed E-state index contributed by atoms with van der Waals surface area (Å²) in [6.07, 6.45) is 6.74. The molecule has 0 atom stereocenters. The molecule has 6 nitrogen and oxygen atoms in total. The number of rotatable bonds is 9. The van der Waals surface area contributed by atoms with Gasteiger partial charge in [0.2, 0.25) is 11.8 Å². The molecule has 3 rings (SSSR count). The zero-order chi connectivity index (χ0) is 22.3. The molecule has 0 saturated heterocycles. The van der Waals surface area contributed by atoms with Gasteiger partial charge in [0, 0.05) is 29.4 Å². The van der Waals surface area contributed by atoms with Gasteiger partial charge in [-0.3, -0.25) is 9.59 Å². The third kappa shape index (κ3) is 7.54. The maximum absolute atomic E-state index is 12.3. The van der Waals surface area contributed by atoms with Crippen LogP contribution in [0.3, 0.4) is 0 Å². The van der Waals surface area contributed by atoms with Crippen LogP contribution in [0.5, 0.6) is 0 Å². The van der Waals surface area contributed by atoms with Crippen molar-refractivity contribution in [2.45, 2.75) is 63.1 Å². The number of carbonyl (C=O) groups is 2. The van der Waals surface area contributed by atoms with Crippen LogP contribution in [-0.4, -0.2) is 42.4 Å². The van der Waals surface area contributed by atoms with Gasteiger partial charge in [-0.25, -0.2) is 0 Å². The van der Waals surface area contributed by atoms with E-state index >= 15 is 0 Å². The van der Waals surface area contributed by atoms with E-state index in [9.17, 15) is 9.59 Å². The van der Waals surface area contributed by atoms with Crippen LogP contribution in [0.4, 0.5) is 0 Å². The molecule has 1 aliphatic carbocycles. The lowest BCUT2D eigenvalue weighted by Gasteiger charge is -2.45. The van der Waals surface area contributed by atoms with Gasteiger partial charge in [0.15, 0.2) is 0 Å². The SMILES string of the molecule is CN(C)C1(Cc2cccc(Cl)c2)CCC(NC(=O)CCC(=O)NCc2ccco2)CC1.Cl. The van der Waals surface area contributed by atoms with Crippen molar-refractivity contribution in [2.24, 2.45) is 0 Å². The summed E-state index contributed by atoms with van der Waals surface area (Å²) in [6, 6.07) is 11.8. The molecule has 0 aliphatic heterocycles. The lowest BCUT2D eigenvalue weighted by Crippen LogP contribution is -2.52. The molecule has 1 fully saturated rings. The molecular weight excluding hydrogens is 449 g/mol. The van der Waals surface area contributed by atoms with Gasteiger partial charge in [0.1, 0.15) is 5.76 Å². The average Bonchev–Trinajstić information content (AvgIpc) is 3.26. The van der Waals surface area contributed by atoms with Crippen LogP contribution < -0.4 is 10.6 Å². The van der Waals surface area contributed by atoms with Crippen LogP contribution in [0.1, 0.15) is 49.8 Å². The number of furan rings is 1. The highest BCUT2D eigenvalue weighted by Gasteiger charge is 2.37. The molecule has 32 heavy (non-hydrogen) atoms. The molecule has 1 aromatic heterocycles. The van der Waals surface area contributed by atoms with Crippen molar-refractivity contribution in [3.05, 3.63) is 59.0 Å².